The molecule has 0 saturated heterocycles. The van der Waals surface area contributed by atoms with Crippen molar-refractivity contribution in [2.75, 3.05) is 0 Å². The summed E-state index contributed by atoms with van der Waals surface area (Å²) in [6.45, 7) is 21.1. The summed E-state index contributed by atoms with van der Waals surface area (Å²) in [6, 6.07) is 29.4. The van der Waals surface area contributed by atoms with Crippen molar-refractivity contribution < 1.29 is 9.47 Å². The largest absolute Gasteiger partial charge is 0.457 e. The van der Waals surface area contributed by atoms with Crippen LogP contribution in [0.4, 0.5) is 0 Å². The van der Waals surface area contributed by atoms with Crippen LogP contribution in [-0.2, 0) is 11.8 Å². The summed E-state index contributed by atoms with van der Waals surface area (Å²) < 4.78 is 12.2. The lowest BCUT2D eigenvalue weighted by Crippen LogP contribution is -2.18. The molecule has 2 nitrogen and oxygen atoms in total. The lowest BCUT2D eigenvalue weighted by molar-refractivity contribution is 0.480. The lowest BCUT2D eigenvalue weighted by Gasteiger charge is -2.26. The first kappa shape index (κ1) is 31.7. The van der Waals surface area contributed by atoms with Gasteiger partial charge < -0.3 is 9.47 Å². The Balaban J connectivity index is 0.00000127. The monoisotopic (exact) mass is 524 g/mol. The van der Waals surface area contributed by atoms with Gasteiger partial charge in [-0.3, -0.25) is 0 Å². The third-order valence-electron chi connectivity index (χ3n) is 6.94. The second-order valence-electron chi connectivity index (χ2n) is 9.96. The van der Waals surface area contributed by atoms with E-state index in [1.807, 2.05) is 39.8 Å². The number of hydrogen-bond donors (Lipinski definition) is 0. The highest BCUT2D eigenvalue weighted by Crippen LogP contribution is 2.35. The van der Waals surface area contributed by atoms with Crippen LogP contribution >= 0.6 is 0 Å². The Bertz CT molecular complexity index is 1280. The van der Waals surface area contributed by atoms with Crippen molar-refractivity contribution in [3.63, 3.8) is 0 Å². The molecule has 0 N–H and O–H groups in total. The molecule has 0 atom stereocenters. The SMILES string of the molecule is CC.CC.CCCc1cc(Oc2ccc(C(C)(C)c3ccc(Oc4ccc(C)c(C)c4)cc3)cc2)ccc1C. The molecule has 0 aliphatic rings. The average Bonchev–Trinajstić information content (AvgIpc) is 2.95. The van der Waals surface area contributed by atoms with Crippen LogP contribution in [-0.4, -0.2) is 0 Å². The molecule has 0 heterocycles. The Morgan fingerprint density at radius 1 is 0.513 bits per heavy atom. The van der Waals surface area contributed by atoms with E-state index in [4.69, 9.17) is 9.47 Å². The molecule has 0 amide bonds. The number of hydrogen-bond acceptors (Lipinski definition) is 2. The molecule has 0 spiro atoms. The maximum atomic E-state index is 6.17. The van der Waals surface area contributed by atoms with E-state index in [0.29, 0.717) is 0 Å². The van der Waals surface area contributed by atoms with Crippen molar-refractivity contribution in [3.05, 3.63) is 118 Å². The fourth-order valence-corrected chi connectivity index (χ4v) is 4.35. The molecule has 2 heteroatoms. The summed E-state index contributed by atoms with van der Waals surface area (Å²) in [5.74, 6) is 3.46. The van der Waals surface area contributed by atoms with Crippen LogP contribution in [0.25, 0.3) is 0 Å². The van der Waals surface area contributed by atoms with Gasteiger partial charge in [0, 0.05) is 5.41 Å². The standard InChI is InChI=1S/C33H36O2.2C2H6/c1-7-8-26-22-32(16-10-24(26)3)35-30-19-13-28(14-20-30)33(5,6)27-11-17-29(18-12-27)34-31-15-9-23(2)25(4)21-31;2*1-2/h9-22H,7-8H2,1-6H3;2*1-2H3. The fourth-order valence-electron chi connectivity index (χ4n) is 4.35. The van der Waals surface area contributed by atoms with Crippen molar-refractivity contribution in [1.29, 1.82) is 0 Å². The van der Waals surface area contributed by atoms with Crippen LogP contribution in [0.1, 0.15) is 88.3 Å². The molecule has 0 aromatic heterocycles. The Morgan fingerprint density at radius 3 is 1.36 bits per heavy atom. The Labute approximate surface area is 238 Å². The zero-order chi connectivity index (χ0) is 29.0. The average molecular weight is 525 g/mol. The molecular weight excluding hydrogens is 476 g/mol. The van der Waals surface area contributed by atoms with Crippen molar-refractivity contribution >= 4 is 0 Å². The van der Waals surface area contributed by atoms with Gasteiger partial charge in [-0.2, -0.15) is 0 Å². The minimum atomic E-state index is -0.143. The molecule has 4 aromatic rings. The zero-order valence-electron chi connectivity index (χ0n) is 25.8. The summed E-state index contributed by atoms with van der Waals surface area (Å²) in [6.07, 6.45) is 2.21. The highest BCUT2D eigenvalue weighted by atomic mass is 16.5. The van der Waals surface area contributed by atoms with E-state index in [0.717, 1.165) is 35.8 Å². The number of ether oxygens (including phenoxy) is 2. The summed E-state index contributed by atoms with van der Waals surface area (Å²) in [5, 5.41) is 0. The summed E-state index contributed by atoms with van der Waals surface area (Å²) >= 11 is 0. The van der Waals surface area contributed by atoms with Gasteiger partial charge in [-0.25, -0.2) is 0 Å². The maximum Gasteiger partial charge on any atom is 0.127 e. The first-order chi connectivity index (χ1) is 18.8. The van der Waals surface area contributed by atoms with E-state index in [-0.39, 0.29) is 5.41 Å². The van der Waals surface area contributed by atoms with Gasteiger partial charge in [0.25, 0.3) is 0 Å². The fraction of sp³-hybridized carbons (Fsp3) is 0.351. The van der Waals surface area contributed by atoms with Crippen LogP contribution in [0, 0.1) is 20.8 Å². The predicted molar refractivity (Wildman–Crippen MR) is 169 cm³/mol. The van der Waals surface area contributed by atoms with E-state index in [1.54, 1.807) is 0 Å². The van der Waals surface area contributed by atoms with Crippen LogP contribution < -0.4 is 9.47 Å². The molecule has 0 unspecified atom stereocenters. The summed E-state index contributed by atoms with van der Waals surface area (Å²) in [7, 11) is 0. The van der Waals surface area contributed by atoms with Gasteiger partial charge >= 0.3 is 0 Å². The van der Waals surface area contributed by atoms with Gasteiger partial charge in [0.15, 0.2) is 0 Å². The quantitative estimate of drug-likeness (QED) is 0.228. The molecule has 0 bridgehead atoms. The Kier molecular flexibility index (Phi) is 12.3. The number of rotatable bonds is 8. The van der Waals surface area contributed by atoms with Gasteiger partial charge in [-0.1, -0.05) is 91.3 Å². The van der Waals surface area contributed by atoms with Crippen LogP contribution in [0.2, 0.25) is 0 Å². The third-order valence-corrected chi connectivity index (χ3v) is 6.94. The lowest BCUT2D eigenvalue weighted by atomic mass is 9.78. The van der Waals surface area contributed by atoms with Crippen molar-refractivity contribution in [1.82, 2.24) is 0 Å². The van der Waals surface area contributed by atoms with Gasteiger partial charge in [0.05, 0.1) is 0 Å². The topological polar surface area (TPSA) is 18.5 Å². The zero-order valence-corrected chi connectivity index (χ0v) is 25.8. The molecule has 0 radical (unpaired) electrons. The highest BCUT2D eigenvalue weighted by molar-refractivity contribution is 5.44. The van der Waals surface area contributed by atoms with Crippen molar-refractivity contribution in [2.45, 2.75) is 87.5 Å². The Morgan fingerprint density at radius 2 is 0.923 bits per heavy atom. The van der Waals surface area contributed by atoms with E-state index in [1.165, 1.54) is 33.4 Å². The minimum Gasteiger partial charge on any atom is -0.457 e. The molecule has 39 heavy (non-hydrogen) atoms. The molecule has 208 valence electrons. The number of aryl methyl sites for hydroxylation is 4. The van der Waals surface area contributed by atoms with E-state index in [9.17, 15) is 0 Å². The Hall–Kier alpha value is -3.52. The molecule has 0 fully saturated rings. The normalized spacial score (nSPS) is 10.5. The van der Waals surface area contributed by atoms with Crippen LogP contribution in [0.15, 0.2) is 84.9 Å². The third kappa shape index (κ3) is 8.48. The molecule has 0 saturated carbocycles. The second kappa shape index (κ2) is 15.2. The van der Waals surface area contributed by atoms with Gasteiger partial charge in [-0.05, 0) is 109 Å². The molecule has 4 aromatic carbocycles. The van der Waals surface area contributed by atoms with Gasteiger partial charge in [0.2, 0.25) is 0 Å². The molecule has 0 aliphatic heterocycles. The molecule has 0 aliphatic carbocycles. The van der Waals surface area contributed by atoms with Gasteiger partial charge in [-0.15, -0.1) is 0 Å². The summed E-state index contributed by atoms with van der Waals surface area (Å²) in [5.41, 5.74) is 7.51. The van der Waals surface area contributed by atoms with Crippen LogP contribution in [0.3, 0.4) is 0 Å². The maximum absolute atomic E-state index is 6.17. The van der Waals surface area contributed by atoms with Crippen molar-refractivity contribution in [3.8, 4) is 23.0 Å². The summed E-state index contributed by atoms with van der Waals surface area (Å²) in [4.78, 5) is 0. The predicted octanol–water partition coefficient (Wildman–Crippen LogP) is 11.5. The van der Waals surface area contributed by atoms with Crippen LogP contribution in [0.5, 0.6) is 23.0 Å². The molecular formula is C37H48O2. The second-order valence-corrected chi connectivity index (χ2v) is 9.96. The van der Waals surface area contributed by atoms with E-state index in [2.05, 4.69) is 114 Å². The van der Waals surface area contributed by atoms with E-state index >= 15 is 0 Å². The number of benzene rings is 4. The highest BCUT2D eigenvalue weighted by Gasteiger charge is 2.23. The smallest absolute Gasteiger partial charge is 0.127 e. The minimum absolute atomic E-state index is 0.143. The van der Waals surface area contributed by atoms with Gasteiger partial charge in [0.1, 0.15) is 23.0 Å². The molecule has 4 rings (SSSR count). The van der Waals surface area contributed by atoms with Crippen molar-refractivity contribution in [2.24, 2.45) is 0 Å². The van der Waals surface area contributed by atoms with E-state index < -0.39 is 0 Å². The first-order valence-electron chi connectivity index (χ1n) is 14.5. The first-order valence-corrected chi connectivity index (χ1v) is 14.5.